The maximum Gasteiger partial charge on any atom is 0.264 e. The van der Waals surface area contributed by atoms with Gasteiger partial charge in [-0.25, -0.2) is 12.8 Å². The van der Waals surface area contributed by atoms with E-state index in [1.54, 1.807) is 18.2 Å². The number of nitrogens with one attached hydrogen (secondary N) is 1. The van der Waals surface area contributed by atoms with E-state index in [1.165, 1.54) is 24.3 Å². The van der Waals surface area contributed by atoms with Crippen LogP contribution in [0, 0.1) is 19.7 Å². The van der Waals surface area contributed by atoms with Crippen LogP contribution in [0.2, 0.25) is 5.02 Å². The van der Waals surface area contributed by atoms with Gasteiger partial charge in [0.2, 0.25) is 5.91 Å². The lowest BCUT2D eigenvalue weighted by Gasteiger charge is -2.24. The molecule has 0 fully saturated rings. The lowest BCUT2D eigenvalue weighted by molar-refractivity contribution is -0.119. The van der Waals surface area contributed by atoms with Crippen LogP contribution < -0.4 is 14.4 Å². The second-order valence-electron chi connectivity index (χ2n) is 7.37. The van der Waals surface area contributed by atoms with E-state index in [2.05, 4.69) is 5.32 Å². The molecule has 0 radical (unpaired) electrons. The van der Waals surface area contributed by atoms with Gasteiger partial charge in [0.15, 0.2) is 0 Å². The Kier molecular flexibility index (Phi) is 7.94. The van der Waals surface area contributed by atoms with Gasteiger partial charge in [-0.05, 0) is 67.4 Å². The monoisotopic (exact) mass is 490 g/mol. The van der Waals surface area contributed by atoms with Crippen molar-refractivity contribution in [2.45, 2.75) is 18.7 Å². The maximum atomic E-state index is 13.6. The van der Waals surface area contributed by atoms with E-state index in [4.69, 9.17) is 16.3 Å². The molecule has 3 aromatic rings. The second-order valence-corrected chi connectivity index (χ2v) is 9.64. The molecular formula is C24H24ClFN2O4S. The highest BCUT2D eigenvalue weighted by Gasteiger charge is 2.27. The average Bonchev–Trinajstić information content (AvgIpc) is 2.80. The largest absolute Gasteiger partial charge is 0.492 e. The van der Waals surface area contributed by atoms with E-state index in [9.17, 15) is 17.6 Å². The summed E-state index contributed by atoms with van der Waals surface area (Å²) in [5, 5.41) is 2.40. The van der Waals surface area contributed by atoms with Gasteiger partial charge in [-0.15, -0.1) is 0 Å². The van der Waals surface area contributed by atoms with Crippen molar-refractivity contribution < 1.29 is 22.3 Å². The molecule has 1 N–H and O–H groups in total. The first-order chi connectivity index (χ1) is 15.7. The van der Waals surface area contributed by atoms with E-state index < -0.39 is 28.3 Å². The Hall–Kier alpha value is -3.10. The minimum Gasteiger partial charge on any atom is -0.492 e. The summed E-state index contributed by atoms with van der Waals surface area (Å²) in [5.74, 6) is -0.550. The van der Waals surface area contributed by atoms with Crippen LogP contribution in [0.15, 0.2) is 71.6 Å². The Bertz CT molecular complexity index is 1240. The fourth-order valence-electron chi connectivity index (χ4n) is 3.02. The van der Waals surface area contributed by atoms with Crippen molar-refractivity contribution >= 4 is 33.2 Å². The lowest BCUT2D eigenvalue weighted by atomic mass is 10.1. The van der Waals surface area contributed by atoms with E-state index in [1.807, 2.05) is 32.0 Å². The summed E-state index contributed by atoms with van der Waals surface area (Å²) >= 11 is 5.86. The van der Waals surface area contributed by atoms with Gasteiger partial charge in [-0.1, -0.05) is 35.9 Å². The summed E-state index contributed by atoms with van der Waals surface area (Å²) in [6.07, 6.45) is 0. The molecule has 9 heteroatoms. The predicted octanol–water partition coefficient (Wildman–Crippen LogP) is 4.49. The number of rotatable bonds is 9. The lowest BCUT2D eigenvalue weighted by Crippen LogP contribution is -2.42. The number of amides is 1. The molecule has 0 unspecified atom stereocenters. The van der Waals surface area contributed by atoms with Crippen LogP contribution in [-0.4, -0.2) is 34.0 Å². The first kappa shape index (κ1) is 24.5. The molecule has 0 aliphatic carbocycles. The first-order valence-corrected chi connectivity index (χ1v) is 12.0. The van der Waals surface area contributed by atoms with Crippen molar-refractivity contribution in [1.29, 1.82) is 0 Å². The first-order valence-electron chi connectivity index (χ1n) is 10.2. The number of hydrogen-bond acceptors (Lipinski definition) is 4. The van der Waals surface area contributed by atoms with E-state index >= 15 is 0 Å². The standard InChI is InChI=1S/C24H24ClFN2O4S/c1-17-8-10-20(14-18(17)2)32-13-12-27-24(29)16-28(19-9-11-23(26)22(25)15-19)33(30,31)21-6-4-3-5-7-21/h3-11,14-15H,12-13,16H2,1-2H3,(H,27,29). The Balaban J connectivity index is 1.71. The Morgan fingerprint density at radius 2 is 1.76 bits per heavy atom. The maximum absolute atomic E-state index is 13.6. The zero-order valence-corrected chi connectivity index (χ0v) is 19.8. The molecule has 0 spiro atoms. The molecule has 0 atom stereocenters. The second kappa shape index (κ2) is 10.7. The van der Waals surface area contributed by atoms with Crippen LogP contribution in [0.5, 0.6) is 5.75 Å². The van der Waals surface area contributed by atoms with Gasteiger partial charge < -0.3 is 10.1 Å². The number of carbonyl (C=O) groups excluding carboxylic acids is 1. The van der Waals surface area contributed by atoms with E-state index in [-0.39, 0.29) is 28.8 Å². The fourth-order valence-corrected chi connectivity index (χ4v) is 4.63. The van der Waals surface area contributed by atoms with Crippen molar-refractivity contribution in [3.63, 3.8) is 0 Å². The van der Waals surface area contributed by atoms with E-state index in [0.29, 0.717) is 5.75 Å². The molecule has 0 aliphatic rings. The highest BCUT2D eigenvalue weighted by molar-refractivity contribution is 7.92. The predicted molar refractivity (Wildman–Crippen MR) is 127 cm³/mol. The molecule has 0 aliphatic heterocycles. The van der Waals surface area contributed by atoms with Crippen molar-refractivity contribution in [2.75, 3.05) is 24.0 Å². The SMILES string of the molecule is Cc1ccc(OCCNC(=O)CN(c2ccc(F)c(Cl)c2)S(=O)(=O)c2ccccc2)cc1C. The number of benzene rings is 3. The zero-order chi connectivity index (χ0) is 24.0. The minimum atomic E-state index is -4.10. The molecule has 33 heavy (non-hydrogen) atoms. The molecule has 1 amide bonds. The molecule has 0 saturated carbocycles. The molecule has 0 bridgehead atoms. The number of ether oxygens (including phenoxy) is 1. The smallest absolute Gasteiger partial charge is 0.264 e. The number of sulfonamides is 1. The Labute approximate surface area is 198 Å². The number of nitrogens with zero attached hydrogens (tertiary/aromatic N) is 1. The molecule has 6 nitrogen and oxygen atoms in total. The van der Waals surface area contributed by atoms with Crippen molar-refractivity contribution in [3.05, 3.63) is 88.7 Å². The topological polar surface area (TPSA) is 75.7 Å². The number of halogens is 2. The molecule has 3 rings (SSSR count). The fraction of sp³-hybridized carbons (Fsp3) is 0.208. The van der Waals surface area contributed by atoms with Crippen molar-refractivity contribution in [3.8, 4) is 5.75 Å². The van der Waals surface area contributed by atoms with Crippen molar-refractivity contribution in [2.24, 2.45) is 0 Å². The minimum absolute atomic E-state index is 0.00341. The third-order valence-electron chi connectivity index (χ3n) is 4.98. The summed E-state index contributed by atoms with van der Waals surface area (Å²) < 4.78 is 46.6. The van der Waals surface area contributed by atoms with Crippen LogP contribution >= 0.6 is 11.6 Å². The summed E-state index contributed by atoms with van der Waals surface area (Å²) in [6, 6.07) is 16.9. The van der Waals surface area contributed by atoms with Gasteiger partial charge in [0.25, 0.3) is 10.0 Å². The average molecular weight is 491 g/mol. The molecule has 0 heterocycles. The van der Waals surface area contributed by atoms with E-state index in [0.717, 1.165) is 21.5 Å². The van der Waals surface area contributed by atoms with Crippen molar-refractivity contribution in [1.82, 2.24) is 5.32 Å². The van der Waals surface area contributed by atoms with Crippen LogP contribution in [-0.2, 0) is 14.8 Å². The summed E-state index contributed by atoms with van der Waals surface area (Å²) in [5.41, 5.74) is 2.32. The molecule has 3 aromatic carbocycles. The van der Waals surface area contributed by atoms with Crippen LogP contribution in [0.4, 0.5) is 10.1 Å². The Morgan fingerprint density at radius 3 is 2.42 bits per heavy atom. The molecule has 174 valence electrons. The Morgan fingerprint density at radius 1 is 1.03 bits per heavy atom. The number of aryl methyl sites for hydroxylation is 2. The highest BCUT2D eigenvalue weighted by atomic mass is 35.5. The van der Waals surface area contributed by atoms with Gasteiger partial charge in [0.1, 0.15) is 24.7 Å². The molecule has 0 aromatic heterocycles. The third-order valence-corrected chi connectivity index (χ3v) is 7.06. The van der Waals surface area contributed by atoms with Gasteiger partial charge in [-0.3, -0.25) is 9.10 Å². The summed E-state index contributed by atoms with van der Waals surface area (Å²) in [7, 11) is -4.10. The van der Waals surface area contributed by atoms with Crippen LogP contribution in [0.1, 0.15) is 11.1 Å². The van der Waals surface area contributed by atoms with Gasteiger partial charge >= 0.3 is 0 Å². The van der Waals surface area contributed by atoms with Gasteiger partial charge in [0.05, 0.1) is 22.2 Å². The number of anilines is 1. The quantitative estimate of drug-likeness (QED) is 0.448. The summed E-state index contributed by atoms with van der Waals surface area (Å²) in [6.45, 7) is 3.86. The normalized spacial score (nSPS) is 11.2. The number of hydrogen-bond donors (Lipinski definition) is 1. The third kappa shape index (κ3) is 6.24. The van der Waals surface area contributed by atoms with Crippen LogP contribution in [0.3, 0.4) is 0 Å². The van der Waals surface area contributed by atoms with Gasteiger partial charge in [0, 0.05) is 0 Å². The number of carbonyl (C=O) groups is 1. The van der Waals surface area contributed by atoms with Crippen LogP contribution in [0.25, 0.3) is 0 Å². The zero-order valence-electron chi connectivity index (χ0n) is 18.2. The van der Waals surface area contributed by atoms with Gasteiger partial charge in [-0.2, -0.15) is 0 Å². The molecular weight excluding hydrogens is 467 g/mol. The summed E-state index contributed by atoms with van der Waals surface area (Å²) in [4.78, 5) is 12.6. The highest BCUT2D eigenvalue weighted by Crippen LogP contribution is 2.27. The molecule has 0 saturated heterocycles.